The first-order chi connectivity index (χ1) is 16.7. The number of fused-ring (bicyclic) bond motifs is 4. The minimum absolute atomic E-state index is 0.307. The predicted molar refractivity (Wildman–Crippen MR) is 139 cm³/mol. The number of alkyl carbamates (subject to hydrolysis) is 1. The topological polar surface area (TPSA) is 84.7 Å². The van der Waals surface area contributed by atoms with E-state index < -0.39 is 17.7 Å². The fraction of sp³-hybridized carbons (Fsp3) is 0.519. The lowest BCUT2D eigenvalue weighted by molar-refractivity contribution is -0.117. The third kappa shape index (κ3) is 5.22. The molecule has 1 aromatic carbocycles. The van der Waals surface area contributed by atoms with E-state index in [4.69, 9.17) is 9.72 Å². The van der Waals surface area contributed by atoms with Crippen molar-refractivity contribution in [2.24, 2.45) is 11.8 Å². The van der Waals surface area contributed by atoms with Crippen molar-refractivity contribution in [1.82, 2.24) is 14.7 Å². The molecule has 2 aliphatic carbocycles. The van der Waals surface area contributed by atoms with Gasteiger partial charge in [0.2, 0.25) is 5.91 Å². The maximum Gasteiger partial charge on any atom is 0.408 e. The number of hydrogen-bond donors (Lipinski definition) is 2. The molecule has 0 spiro atoms. The number of benzene rings is 1. The van der Waals surface area contributed by atoms with Crippen LogP contribution in [0.5, 0.6) is 0 Å². The summed E-state index contributed by atoms with van der Waals surface area (Å²) >= 11 is 1.84. The van der Waals surface area contributed by atoms with Gasteiger partial charge in [-0.3, -0.25) is 9.20 Å². The smallest absolute Gasteiger partial charge is 0.408 e. The van der Waals surface area contributed by atoms with Crippen molar-refractivity contribution in [3.63, 3.8) is 0 Å². The Hall–Kier alpha value is -2.87. The molecule has 5 rings (SSSR count). The quantitative estimate of drug-likeness (QED) is 0.479. The second-order valence-electron chi connectivity index (χ2n) is 10.9. The summed E-state index contributed by atoms with van der Waals surface area (Å²) in [5, 5.41) is 5.41. The lowest BCUT2D eigenvalue weighted by atomic mass is 9.72. The Kier molecular flexibility index (Phi) is 6.34. The Morgan fingerprint density at radius 3 is 2.49 bits per heavy atom. The molecule has 2 amide bonds. The van der Waals surface area contributed by atoms with Gasteiger partial charge in [-0.05, 0) is 77.3 Å². The fourth-order valence-electron chi connectivity index (χ4n) is 5.28. The van der Waals surface area contributed by atoms with Crippen molar-refractivity contribution in [2.75, 3.05) is 5.32 Å². The van der Waals surface area contributed by atoms with Crippen molar-refractivity contribution in [1.29, 1.82) is 0 Å². The maximum absolute atomic E-state index is 12.5. The first-order valence-electron chi connectivity index (χ1n) is 12.6. The molecule has 8 heteroatoms. The second-order valence-corrected chi connectivity index (χ2v) is 12.0. The average molecular weight is 495 g/mol. The number of carbonyl (C=O) groups is 2. The monoisotopic (exact) mass is 494 g/mol. The highest BCUT2D eigenvalue weighted by molar-refractivity contribution is 7.17. The van der Waals surface area contributed by atoms with Crippen LogP contribution in [0.1, 0.15) is 63.9 Å². The molecule has 7 nitrogen and oxygen atoms in total. The molecule has 2 heterocycles. The highest BCUT2D eigenvalue weighted by atomic mass is 32.1. The largest absolute Gasteiger partial charge is 0.444 e. The number of rotatable bonds is 4. The van der Waals surface area contributed by atoms with Crippen LogP contribution in [-0.4, -0.2) is 33.0 Å². The van der Waals surface area contributed by atoms with Crippen LogP contribution in [0.25, 0.3) is 16.2 Å². The Morgan fingerprint density at radius 1 is 1.11 bits per heavy atom. The predicted octanol–water partition coefficient (Wildman–Crippen LogP) is 5.82. The zero-order valence-corrected chi connectivity index (χ0v) is 21.7. The van der Waals surface area contributed by atoms with Gasteiger partial charge in [0.25, 0.3) is 0 Å². The van der Waals surface area contributed by atoms with Gasteiger partial charge in [-0.1, -0.05) is 25.0 Å². The molecule has 0 radical (unpaired) electrons. The van der Waals surface area contributed by atoms with Gasteiger partial charge in [0, 0.05) is 28.0 Å². The summed E-state index contributed by atoms with van der Waals surface area (Å²) in [6, 6.07) is 6.95. The first-order valence-corrected chi connectivity index (χ1v) is 13.4. The van der Waals surface area contributed by atoms with E-state index in [-0.39, 0.29) is 5.91 Å². The number of carbonyl (C=O) groups excluding carboxylic acids is 2. The number of nitrogens with one attached hydrogen (secondary N) is 2. The summed E-state index contributed by atoms with van der Waals surface area (Å²) in [6.07, 6.45) is 9.45. The summed E-state index contributed by atoms with van der Waals surface area (Å²) in [4.78, 5) is 31.9. The molecule has 2 N–H and O–H groups in total. The molecule has 0 bridgehead atoms. The van der Waals surface area contributed by atoms with Crippen LogP contribution in [0, 0.1) is 11.8 Å². The van der Waals surface area contributed by atoms with Crippen molar-refractivity contribution < 1.29 is 14.3 Å². The highest BCUT2D eigenvalue weighted by Gasteiger charge is 2.33. The van der Waals surface area contributed by atoms with Crippen molar-refractivity contribution in [2.45, 2.75) is 77.9 Å². The number of nitrogens with zero attached hydrogens (tertiary/aromatic N) is 2. The highest BCUT2D eigenvalue weighted by Crippen LogP contribution is 2.42. The van der Waals surface area contributed by atoms with Crippen LogP contribution in [-0.2, 0) is 22.4 Å². The Labute approximate surface area is 210 Å². The number of amides is 2. The molecule has 2 aliphatic rings. The van der Waals surface area contributed by atoms with Gasteiger partial charge >= 0.3 is 6.09 Å². The number of ether oxygens (including phenoxy) is 1. The summed E-state index contributed by atoms with van der Waals surface area (Å²) < 4.78 is 7.52. The summed E-state index contributed by atoms with van der Waals surface area (Å²) in [6.45, 7) is 6.97. The zero-order valence-electron chi connectivity index (χ0n) is 20.9. The van der Waals surface area contributed by atoms with Gasteiger partial charge in [-0.2, -0.15) is 0 Å². The van der Waals surface area contributed by atoms with E-state index in [2.05, 4.69) is 21.2 Å². The van der Waals surface area contributed by atoms with E-state index in [1.54, 1.807) is 27.7 Å². The Balaban J connectivity index is 1.24. The minimum atomic E-state index is -0.723. The molecule has 35 heavy (non-hydrogen) atoms. The van der Waals surface area contributed by atoms with Crippen LogP contribution in [0.3, 0.4) is 0 Å². The number of anilines is 1. The third-order valence-electron chi connectivity index (χ3n) is 7.05. The third-order valence-corrected chi connectivity index (χ3v) is 8.16. The molecule has 3 atom stereocenters. The standard InChI is InChI=1S/C27H34N4O3S/c1-16(28-26(33)34-27(2,3)4)24(32)29-20-11-9-17(10-12-20)21-15-31-22-13-18-7-5-6-8-19(18)14-23(22)35-25(31)30-21/h9-12,15-16,18-19H,5-8,13-14H2,1-4H3,(H,28,33)(H,29,32)/t16-,18?,19?/m0/s1. The van der Waals surface area contributed by atoms with Crippen molar-refractivity contribution in [3.05, 3.63) is 41.0 Å². The maximum atomic E-state index is 12.5. The van der Waals surface area contributed by atoms with Gasteiger partial charge in [0.05, 0.1) is 5.69 Å². The molecule has 0 aliphatic heterocycles. The summed E-state index contributed by atoms with van der Waals surface area (Å²) in [5.41, 5.74) is 3.47. The van der Waals surface area contributed by atoms with E-state index in [1.165, 1.54) is 49.1 Å². The molecule has 0 saturated heterocycles. The number of hydrogen-bond acceptors (Lipinski definition) is 5. The van der Waals surface area contributed by atoms with E-state index in [0.29, 0.717) is 5.69 Å². The van der Waals surface area contributed by atoms with E-state index >= 15 is 0 Å². The molecular weight excluding hydrogens is 460 g/mol. The molecule has 2 aromatic heterocycles. The Bertz CT molecular complexity index is 1240. The number of thiazole rings is 1. The van der Waals surface area contributed by atoms with Gasteiger partial charge in [-0.25, -0.2) is 9.78 Å². The number of aromatic nitrogens is 2. The fourth-order valence-corrected chi connectivity index (χ4v) is 6.50. The SMILES string of the molecule is C[C@H](NC(=O)OC(C)(C)C)C(=O)Nc1ccc(-c2cn3c4c(sc3n2)CC2CCCCC2C4)cc1. The van der Waals surface area contributed by atoms with Crippen LogP contribution < -0.4 is 10.6 Å². The van der Waals surface area contributed by atoms with Gasteiger partial charge in [0.1, 0.15) is 11.6 Å². The molecule has 1 saturated carbocycles. The minimum Gasteiger partial charge on any atom is -0.444 e. The lowest BCUT2D eigenvalue weighted by Gasteiger charge is -2.35. The van der Waals surface area contributed by atoms with Crippen LogP contribution in [0.2, 0.25) is 0 Å². The van der Waals surface area contributed by atoms with Crippen molar-refractivity contribution in [3.8, 4) is 11.3 Å². The summed E-state index contributed by atoms with van der Waals surface area (Å²) in [5.74, 6) is 1.39. The zero-order chi connectivity index (χ0) is 24.7. The van der Waals surface area contributed by atoms with Gasteiger partial charge in [0.15, 0.2) is 4.96 Å². The normalized spacial score (nSPS) is 20.6. The molecule has 1 fully saturated rings. The van der Waals surface area contributed by atoms with Crippen LogP contribution >= 0.6 is 11.3 Å². The average Bonchev–Trinajstić information content (AvgIpc) is 3.34. The van der Waals surface area contributed by atoms with E-state index in [0.717, 1.165) is 28.1 Å². The Morgan fingerprint density at radius 2 is 1.80 bits per heavy atom. The van der Waals surface area contributed by atoms with Gasteiger partial charge < -0.3 is 15.4 Å². The van der Waals surface area contributed by atoms with Crippen LogP contribution in [0.15, 0.2) is 30.5 Å². The van der Waals surface area contributed by atoms with Crippen molar-refractivity contribution >= 4 is 34.0 Å². The second kappa shape index (κ2) is 9.30. The summed E-state index contributed by atoms with van der Waals surface area (Å²) in [7, 11) is 0. The molecule has 3 aromatic rings. The molecular formula is C27H34N4O3S. The van der Waals surface area contributed by atoms with E-state index in [9.17, 15) is 9.59 Å². The number of imidazole rings is 1. The molecule has 2 unspecified atom stereocenters. The lowest BCUT2D eigenvalue weighted by Crippen LogP contribution is -2.43. The molecule has 186 valence electrons. The van der Waals surface area contributed by atoms with E-state index in [1.807, 2.05) is 35.6 Å². The van der Waals surface area contributed by atoms with Crippen LogP contribution in [0.4, 0.5) is 10.5 Å². The first kappa shape index (κ1) is 23.9. The van der Waals surface area contributed by atoms with Gasteiger partial charge in [-0.15, -0.1) is 11.3 Å².